The third kappa shape index (κ3) is 5.74. The van der Waals surface area contributed by atoms with E-state index in [9.17, 15) is 14.9 Å². The highest BCUT2D eigenvalue weighted by Crippen LogP contribution is 2.40. The summed E-state index contributed by atoms with van der Waals surface area (Å²) in [6.45, 7) is 4.55. The number of rotatable bonds is 7. The molecule has 1 aliphatic carbocycles. The van der Waals surface area contributed by atoms with Crippen LogP contribution in [0.1, 0.15) is 64.5 Å². The summed E-state index contributed by atoms with van der Waals surface area (Å²) in [6.07, 6.45) is 7.92. The van der Waals surface area contributed by atoms with Gasteiger partial charge in [-0.15, -0.1) is 11.3 Å². The first-order valence-corrected chi connectivity index (χ1v) is 13.9. The lowest BCUT2D eigenvalue weighted by molar-refractivity contribution is -0.384. The van der Waals surface area contributed by atoms with Crippen LogP contribution < -0.4 is 10.2 Å². The van der Waals surface area contributed by atoms with Gasteiger partial charge in [0.15, 0.2) is 0 Å². The molecule has 1 fully saturated rings. The highest BCUT2D eigenvalue weighted by atomic mass is 32.1. The van der Waals surface area contributed by atoms with E-state index in [2.05, 4.69) is 17.1 Å². The molecule has 0 saturated carbocycles. The van der Waals surface area contributed by atoms with Gasteiger partial charge in [-0.1, -0.05) is 37.3 Å². The molecule has 1 aromatic heterocycles. The third-order valence-corrected chi connectivity index (χ3v) is 8.54. The maximum atomic E-state index is 13.4. The average molecular weight is 517 g/mol. The molecule has 1 saturated heterocycles. The van der Waals surface area contributed by atoms with Gasteiger partial charge in [-0.05, 0) is 61.6 Å². The van der Waals surface area contributed by atoms with E-state index in [1.165, 1.54) is 4.88 Å². The number of amides is 1. The lowest BCUT2D eigenvalue weighted by Gasteiger charge is -2.33. The predicted molar refractivity (Wildman–Crippen MR) is 150 cm³/mol. The molecule has 0 unspecified atom stereocenters. The zero-order valence-electron chi connectivity index (χ0n) is 21.1. The minimum atomic E-state index is -0.369. The third-order valence-electron chi connectivity index (χ3n) is 7.34. The number of hydrogen-bond acceptors (Lipinski definition) is 6. The van der Waals surface area contributed by atoms with Crippen LogP contribution in [0.2, 0.25) is 0 Å². The quantitative estimate of drug-likeness (QED) is 0.222. The van der Waals surface area contributed by atoms with Crippen LogP contribution in [0, 0.1) is 16.0 Å². The van der Waals surface area contributed by atoms with Crippen molar-refractivity contribution in [1.29, 1.82) is 0 Å². The first kappa shape index (κ1) is 25.1. The lowest BCUT2D eigenvalue weighted by Crippen LogP contribution is -2.33. The summed E-state index contributed by atoms with van der Waals surface area (Å²) < 4.78 is 0. The number of non-ortho nitro benzene ring substituents is 1. The van der Waals surface area contributed by atoms with Gasteiger partial charge in [0, 0.05) is 54.1 Å². The number of carbonyl (C=O) groups excluding carboxylic acids is 1. The van der Waals surface area contributed by atoms with Crippen molar-refractivity contribution in [3.05, 3.63) is 85.8 Å². The van der Waals surface area contributed by atoms with Crippen LogP contribution in [0.15, 0.2) is 53.5 Å². The number of hydrogen-bond donors (Lipinski definition) is 1. The van der Waals surface area contributed by atoms with Crippen molar-refractivity contribution in [3.8, 4) is 0 Å². The molecular weight excluding hydrogens is 484 g/mol. The monoisotopic (exact) mass is 516 g/mol. The Morgan fingerprint density at radius 2 is 1.92 bits per heavy atom. The van der Waals surface area contributed by atoms with E-state index in [1.807, 2.05) is 36.4 Å². The molecular formula is C29H32N4O3S. The number of anilines is 1. The average Bonchev–Trinajstić information content (AvgIpc) is 3.30. The summed E-state index contributed by atoms with van der Waals surface area (Å²) in [4.78, 5) is 32.9. The Morgan fingerprint density at radius 3 is 2.68 bits per heavy atom. The van der Waals surface area contributed by atoms with E-state index >= 15 is 0 Å². The number of nitro groups is 1. The molecule has 37 heavy (non-hydrogen) atoms. The lowest BCUT2D eigenvalue weighted by atomic mass is 9.95. The molecule has 0 spiro atoms. The van der Waals surface area contributed by atoms with Gasteiger partial charge in [-0.25, -0.2) is 4.99 Å². The van der Waals surface area contributed by atoms with Gasteiger partial charge in [0.25, 0.3) is 11.6 Å². The van der Waals surface area contributed by atoms with Gasteiger partial charge < -0.3 is 10.2 Å². The first-order chi connectivity index (χ1) is 18.0. The molecule has 8 heteroatoms. The fourth-order valence-electron chi connectivity index (χ4n) is 5.17. The van der Waals surface area contributed by atoms with Crippen molar-refractivity contribution < 1.29 is 9.72 Å². The molecule has 5 rings (SSSR count). The number of nitrogens with one attached hydrogen (secondary N) is 1. The number of nitrogens with zero attached hydrogens (tertiary/aromatic N) is 3. The Kier molecular flexibility index (Phi) is 7.65. The second-order valence-corrected chi connectivity index (χ2v) is 11.1. The van der Waals surface area contributed by atoms with Crippen LogP contribution in [-0.2, 0) is 19.4 Å². The van der Waals surface area contributed by atoms with Gasteiger partial charge in [0.1, 0.15) is 5.00 Å². The van der Waals surface area contributed by atoms with Gasteiger partial charge >= 0.3 is 0 Å². The highest BCUT2D eigenvalue weighted by molar-refractivity contribution is 7.16. The Bertz CT molecular complexity index is 1310. The van der Waals surface area contributed by atoms with Crippen LogP contribution >= 0.6 is 11.3 Å². The van der Waals surface area contributed by atoms with Gasteiger partial charge in [0.05, 0.1) is 10.5 Å². The van der Waals surface area contributed by atoms with E-state index in [4.69, 9.17) is 4.99 Å². The molecule has 2 aromatic carbocycles. The van der Waals surface area contributed by atoms with Crippen molar-refractivity contribution in [2.24, 2.45) is 10.9 Å². The summed E-state index contributed by atoms with van der Waals surface area (Å²) in [6, 6.07) is 14.9. The molecule has 2 heterocycles. The van der Waals surface area contributed by atoms with Crippen LogP contribution in [0.3, 0.4) is 0 Å². The smallest absolute Gasteiger partial charge is 0.270 e. The van der Waals surface area contributed by atoms with E-state index in [0.717, 1.165) is 68.4 Å². The van der Waals surface area contributed by atoms with Crippen molar-refractivity contribution in [3.63, 3.8) is 0 Å². The van der Waals surface area contributed by atoms with E-state index in [0.29, 0.717) is 28.6 Å². The highest BCUT2D eigenvalue weighted by Gasteiger charge is 2.25. The summed E-state index contributed by atoms with van der Waals surface area (Å²) in [7, 11) is 0. The summed E-state index contributed by atoms with van der Waals surface area (Å²) >= 11 is 1.58. The largest absolute Gasteiger partial charge is 0.371 e. The van der Waals surface area contributed by atoms with Gasteiger partial charge in [-0.3, -0.25) is 14.9 Å². The van der Waals surface area contributed by atoms with Crippen LogP contribution in [0.4, 0.5) is 16.4 Å². The number of piperidine rings is 1. The molecule has 192 valence electrons. The summed E-state index contributed by atoms with van der Waals surface area (Å²) in [5, 5.41) is 15.3. The molecule has 3 aromatic rings. The number of fused-ring (bicyclic) bond motifs is 1. The Hall–Kier alpha value is -3.52. The number of thiophene rings is 1. The molecule has 0 bridgehead atoms. The number of benzene rings is 2. The minimum Gasteiger partial charge on any atom is -0.371 e. The summed E-state index contributed by atoms with van der Waals surface area (Å²) in [5.41, 5.74) is 4.52. The molecule has 1 amide bonds. The molecule has 0 atom stereocenters. The number of aryl methyl sites for hydroxylation is 1. The maximum Gasteiger partial charge on any atom is 0.270 e. The van der Waals surface area contributed by atoms with Gasteiger partial charge in [-0.2, -0.15) is 0 Å². The SMILES string of the molecule is CC1CCN(c2ccc([N+](=O)[O-])cc2C=Nc2sc3c(c2C(=O)NCc2ccccc2)CCCC3)CC1. The predicted octanol–water partition coefficient (Wildman–Crippen LogP) is 6.45. The molecule has 0 radical (unpaired) electrons. The van der Waals surface area contributed by atoms with E-state index in [1.54, 1.807) is 29.7 Å². The van der Waals surface area contributed by atoms with E-state index < -0.39 is 0 Å². The molecule has 7 nitrogen and oxygen atoms in total. The number of carbonyl (C=O) groups is 1. The van der Waals surface area contributed by atoms with Crippen molar-refractivity contribution in [1.82, 2.24) is 5.32 Å². The Balaban J connectivity index is 1.47. The topological polar surface area (TPSA) is 87.8 Å². The maximum absolute atomic E-state index is 13.4. The number of aliphatic imine (C=N–C) groups is 1. The van der Waals surface area contributed by atoms with Crippen LogP contribution in [-0.4, -0.2) is 30.1 Å². The Labute approximate surface area is 221 Å². The second kappa shape index (κ2) is 11.3. The van der Waals surface area contributed by atoms with Crippen molar-refractivity contribution in [2.45, 2.75) is 52.0 Å². The molecule has 1 N–H and O–H groups in total. The first-order valence-electron chi connectivity index (χ1n) is 13.0. The second-order valence-electron chi connectivity index (χ2n) is 9.99. The Morgan fingerprint density at radius 1 is 1.16 bits per heavy atom. The van der Waals surface area contributed by atoms with Crippen molar-refractivity contribution in [2.75, 3.05) is 18.0 Å². The van der Waals surface area contributed by atoms with Gasteiger partial charge in [0.2, 0.25) is 0 Å². The fourth-order valence-corrected chi connectivity index (χ4v) is 6.40. The number of nitro benzene ring substituents is 1. The van der Waals surface area contributed by atoms with Crippen molar-refractivity contribution >= 4 is 39.8 Å². The minimum absolute atomic E-state index is 0.0434. The van der Waals surface area contributed by atoms with Crippen LogP contribution in [0.25, 0.3) is 0 Å². The molecule has 2 aliphatic rings. The zero-order chi connectivity index (χ0) is 25.8. The summed E-state index contributed by atoms with van der Waals surface area (Å²) in [5.74, 6) is 0.570. The molecule has 1 aliphatic heterocycles. The van der Waals surface area contributed by atoms with Crippen LogP contribution in [0.5, 0.6) is 0 Å². The zero-order valence-corrected chi connectivity index (χ0v) is 21.9. The normalized spacial score (nSPS) is 16.1. The standard InChI is InChI=1S/C29H32N4O3S/c1-20-13-15-32(16-14-20)25-12-11-23(33(35)36)17-22(25)19-31-29-27(24-9-5-6-10-26(24)37-29)28(34)30-18-21-7-3-2-4-8-21/h2-4,7-8,11-12,17,19-20H,5-6,9-10,13-16,18H2,1H3,(H,30,34). The van der Waals surface area contributed by atoms with E-state index in [-0.39, 0.29) is 16.5 Å². The fraction of sp³-hybridized carbons (Fsp3) is 0.379.